The maximum atomic E-state index is 12.1. The van der Waals surface area contributed by atoms with E-state index in [-0.39, 0.29) is 13.0 Å². The molecule has 2 heterocycles. The predicted octanol–water partition coefficient (Wildman–Crippen LogP) is 0.0782. The van der Waals surface area contributed by atoms with Crippen molar-refractivity contribution in [3.8, 4) is 0 Å². The average molecular weight is 268 g/mol. The van der Waals surface area contributed by atoms with Crippen LogP contribution in [0, 0.1) is 13.8 Å². The number of amides is 2. The summed E-state index contributed by atoms with van der Waals surface area (Å²) in [6.07, 6.45) is -0.759. The third-order valence-electron chi connectivity index (χ3n) is 3.18. The fourth-order valence-electron chi connectivity index (χ4n) is 2.19. The molecule has 4 N–H and O–H groups in total. The number of aromatic nitrogens is 2. The summed E-state index contributed by atoms with van der Waals surface area (Å²) in [5, 5.41) is 27.8. The number of hydrogen-bond donors (Lipinski definition) is 4. The molecule has 0 bridgehead atoms. The highest BCUT2D eigenvalue weighted by atomic mass is 16.4. The van der Waals surface area contributed by atoms with Crippen molar-refractivity contribution in [1.29, 1.82) is 0 Å². The first-order chi connectivity index (χ1) is 8.90. The van der Waals surface area contributed by atoms with Gasteiger partial charge in [-0.3, -0.25) is 5.10 Å². The van der Waals surface area contributed by atoms with Gasteiger partial charge >= 0.3 is 12.0 Å². The molecule has 1 fully saturated rings. The maximum absolute atomic E-state index is 12.1. The molecule has 1 unspecified atom stereocenters. The van der Waals surface area contributed by atoms with Crippen LogP contribution in [0.4, 0.5) is 10.5 Å². The van der Waals surface area contributed by atoms with Gasteiger partial charge in [0.25, 0.3) is 0 Å². The van der Waals surface area contributed by atoms with Gasteiger partial charge in [-0.25, -0.2) is 9.59 Å². The molecule has 0 radical (unpaired) electrons. The summed E-state index contributed by atoms with van der Waals surface area (Å²) < 4.78 is 0. The molecular formula is C11H16N4O4. The normalized spacial score (nSPS) is 22.6. The smallest absolute Gasteiger partial charge is 0.326 e. The number of carbonyl (C=O) groups is 2. The Kier molecular flexibility index (Phi) is 3.43. The van der Waals surface area contributed by atoms with Crippen molar-refractivity contribution in [2.24, 2.45) is 0 Å². The fraction of sp³-hybridized carbons (Fsp3) is 0.545. The minimum Gasteiger partial charge on any atom is -0.480 e. The first-order valence-corrected chi connectivity index (χ1v) is 5.90. The number of rotatable bonds is 2. The lowest BCUT2D eigenvalue weighted by molar-refractivity contribution is -0.141. The number of anilines is 1. The van der Waals surface area contributed by atoms with Gasteiger partial charge in [-0.15, -0.1) is 0 Å². The van der Waals surface area contributed by atoms with Crippen LogP contribution in [-0.4, -0.2) is 56.0 Å². The Morgan fingerprint density at radius 1 is 1.47 bits per heavy atom. The molecule has 1 aliphatic rings. The van der Waals surface area contributed by atoms with E-state index in [9.17, 15) is 14.7 Å². The van der Waals surface area contributed by atoms with E-state index in [4.69, 9.17) is 5.11 Å². The Bertz CT molecular complexity index is 493. The standard InChI is InChI=1S/C11H16N4O4/c1-5-9(6(2)14-13-5)12-11(19)15-4-7(16)3-8(15)10(17)18/h7-8,16H,3-4H2,1-2H3,(H,12,19)(H,13,14)(H,17,18)/t7?,8-/m0/s1. The number of likely N-dealkylation sites (tertiary alicyclic amines) is 1. The van der Waals surface area contributed by atoms with E-state index >= 15 is 0 Å². The Morgan fingerprint density at radius 3 is 2.68 bits per heavy atom. The van der Waals surface area contributed by atoms with Crippen LogP contribution >= 0.6 is 0 Å². The van der Waals surface area contributed by atoms with Crippen molar-refractivity contribution >= 4 is 17.7 Å². The molecule has 2 amide bonds. The summed E-state index contributed by atoms with van der Waals surface area (Å²) in [7, 11) is 0. The lowest BCUT2D eigenvalue weighted by Gasteiger charge is -2.21. The number of nitrogens with one attached hydrogen (secondary N) is 2. The summed E-state index contributed by atoms with van der Waals surface area (Å²) in [6, 6.07) is -1.54. The molecule has 0 saturated carbocycles. The van der Waals surface area contributed by atoms with E-state index in [2.05, 4.69) is 15.5 Å². The number of aromatic amines is 1. The summed E-state index contributed by atoms with van der Waals surface area (Å²) in [5.74, 6) is -1.12. The Morgan fingerprint density at radius 2 is 2.16 bits per heavy atom. The molecule has 2 rings (SSSR count). The zero-order valence-electron chi connectivity index (χ0n) is 10.7. The second kappa shape index (κ2) is 4.88. The van der Waals surface area contributed by atoms with Gasteiger partial charge in [0.05, 0.1) is 23.2 Å². The third kappa shape index (κ3) is 2.53. The largest absolute Gasteiger partial charge is 0.480 e. The van der Waals surface area contributed by atoms with Gasteiger partial charge in [-0.2, -0.15) is 5.10 Å². The number of carboxylic acids is 1. The summed E-state index contributed by atoms with van der Waals surface area (Å²) in [4.78, 5) is 24.2. The van der Waals surface area contributed by atoms with Crippen LogP contribution in [0.3, 0.4) is 0 Å². The maximum Gasteiger partial charge on any atom is 0.326 e. The Hall–Kier alpha value is -2.09. The van der Waals surface area contributed by atoms with Gasteiger partial charge in [0.1, 0.15) is 6.04 Å². The molecule has 2 atom stereocenters. The number of hydrogen-bond acceptors (Lipinski definition) is 4. The Balaban J connectivity index is 2.13. The molecule has 1 aromatic rings. The first kappa shape index (κ1) is 13.3. The lowest BCUT2D eigenvalue weighted by Crippen LogP contribution is -2.43. The van der Waals surface area contributed by atoms with E-state index in [0.29, 0.717) is 17.1 Å². The van der Waals surface area contributed by atoms with E-state index < -0.39 is 24.1 Å². The number of aliphatic carboxylic acids is 1. The van der Waals surface area contributed by atoms with Crippen LogP contribution in [0.15, 0.2) is 0 Å². The molecule has 8 heteroatoms. The van der Waals surface area contributed by atoms with Crippen LogP contribution in [0.5, 0.6) is 0 Å². The SMILES string of the molecule is Cc1n[nH]c(C)c1NC(=O)N1CC(O)C[C@H]1C(=O)O. The van der Waals surface area contributed by atoms with Crippen LogP contribution in [0.25, 0.3) is 0 Å². The quantitative estimate of drug-likeness (QED) is 0.605. The molecule has 1 aromatic heterocycles. The highest BCUT2D eigenvalue weighted by Gasteiger charge is 2.39. The second-order valence-electron chi connectivity index (χ2n) is 4.64. The predicted molar refractivity (Wildman–Crippen MR) is 65.8 cm³/mol. The zero-order valence-corrected chi connectivity index (χ0v) is 10.7. The van der Waals surface area contributed by atoms with Crippen molar-refractivity contribution in [2.75, 3.05) is 11.9 Å². The van der Waals surface area contributed by atoms with Crippen LogP contribution in [0.2, 0.25) is 0 Å². The van der Waals surface area contributed by atoms with E-state index in [1.165, 1.54) is 0 Å². The van der Waals surface area contributed by atoms with Gasteiger partial charge in [0.2, 0.25) is 0 Å². The number of aliphatic hydroxyl groups excluding tert-OH is 1. The molecule has 19 heavy (non-hydrogen) atoms. The van der Waals surface area contributed by atoms with Crippen LogP contribution in [-0.2, 0) is 4.79 Å². The average Bonchev–Trinajstić information content (AvgIpc) is 2.87. The van der Waals surface area contributed by atoms with Gasteiger partial charge in [0.15, 0.2) is 0 Å². The molecule has 0 spiro atoms. The van der Waals surface area contributed by atoms with Gasteiger partial charge in [-0.05, 0) is 13.8 Å². The number of nitrogens with zero attached hydrogens (tertiary/aromatic N) is 2. The molecule has 104 valence electrons. The highest BCUT2D eigenvalue weighted by molar-refractivity contribution is 5.93. The van der Waals surface area contributed by atoms with E-state index in [1.54, 1.807) is 13.8 Å². The second-order valence-corrected chi connectivity index (χ2v) is 4.64. The number of carbonyl (C=O) groups excluding carboxylic acids is 1. The third-order valence-corrected chi connectivity index (χ3v) is 3.18. The summed E-state index contributed by atoms with van der Waals surface area (Å²) in [5.41, 5.74) is 1.85. The van der Waals surface area contributed by atoms with Crippen LogP contribution < -0.4 is 5.32 Å². The minimum atomic E-state index is -1.12. The van der Waals surface area contributed by atoms with Gasteiger partial charge in [-0.1, -0.05) is 0 Å². The first-order valence-electron chi connectivity index (χ1n) is 5.90. The lowest BCUT2D eigenvalue weighted by atomic mass is 10.2. The number of aryl methyl sites for hydroxylation is 2. The minimum absolute atomic E-state index is 0.0126. The topological polar surface area (TPSA) is 119 Å². The van der Waals surface area contributed by atoms with Gasteiger partial charge < -0.3 is 20.4 Å². The van der Waals surface area contributed by atoms with Crippen molar-refractivity contribution in [2.45, 2.75) is 32.4 Å². The number of H-pyrrole nitrogens is 1. The van der Waals surface area contributed by atoms with Crippen molar-refractivity contribution < 1.29 is 19.8 Å². The van der Waals surface area contributed by atoms with Crippen molar-refractivity contribution in [3.05, 3.63) is 11.4 Å². The van der Waals surface area contributed by atoms with E-state index in [1.807, 2.05) is 0 Å². The van der Waals surface area contributed by atoms with E-state index in [0.717, 1.165) is 4.90 Å². The monoisotopic (exact) mass is 268 g/mol. The molecule has 0 aliphatic carbocycles. The van der Waals surface area contributed by atoms with Crippen molar-refractivity contribution in [3.63, 3.8) is 0 Å². The van der Waals surface area contributed by atoms with Gasteiger partial charge in [0, 0.05) is 13.0 Å². The molecule has 1 saturated heterocycles. The number of urea groups is 1. The zero-order chi connectivity index (χ0) is 14.2. The van der Waals surface area contributed by atoms with Crippen molar-refractivity contribution in [1.82, 2.24) is 15.1 Å². The number of β-amino-alcohol motifs (C(OH)–C–C–N with tert-alkyl or cyclic N) is 1. The number of aliphatic hydroxyl groups is 1. The highest BCUT2D eigenvalue weighted by Crippen LogP contribution is 2.22. The molecule has 1 aliphatic heterocycles. The molecule has 8 nitrogen and oxygen atoms in total. The van der Waals surface area contributed by atoms with Crippen LogP contribution in [0.1, 0.15) is 17.8 Å². The summed E-state index contributed by atoms with van der Waals surface area (Å²) in [6.45, 7) is 3.49. The molecule has 0 aromatic carbocycles. The molecular weight excluding hydrogens is 252 g/mol. The summed E-state index contributed by atoms with van der Waals surface area (Å²) >= 11 is 0. The fourth-order valence-corrected chi connectivity index (χ4v) is 2.19. The number of carboxylic acid groups (broad SMARTS) is 1. The Labute approximate surface area is 109 Å².